The summed E-state index contributed by atoms with van der Waals surface area (Å²) in [4.78, 5) is 1.51. The molecule has 0 saturated carbocycles. The zero-order chi connectivity index (χ0) is 11.4. The van der Waals surface area contributed by atoms with Gasteiger partial charge in [0.1, 0.15) is 0 Å². The lowest BCUT2D eigenvalue weighted by Gasteiger charge is -2.18. The zero-order valence-corrected chi connectivity index (χ0v) is 12.2. The molecule has 1 aromatic rings. The van der Waals surface area contributed by atoms with E-state index in [1.165, 1.54) is 29.9 Å². The van der Waals surface area contributed by atoms with Gasteiger partial charge in [0, 0.05) is 16.0 Å². The standard InChI is InChI=1S/C14H19BrS/c1-2-5-11(9-15)8-12-10-16-14-7-4-3-6-13(12)14/h3-4,6-7,11-12H,2,5,8-10H2,1H3. The summed E-state index contributed by atoms with van der Waals surface area (Å²) in [5.74, 6) is 2.92. The molecule has 16 heavy (non-hydrogen) atoms. The highest BCUT2D eigenvalue weighted by molar-refractivity contribution is 9.09. The van der Waals surface area contributed by atoms with Gasteiger partial charge in [0.15, 0.2) is 0 Å². The summed E-state index contributed by atoms with van der Waals surface area (Å²) in [6, 6.07) is 8.92. The molecule has 2 unspecified atom stereocenters. The molecule has 1 aliphatic rings. The number of alkyl halides is 1. The Morgan fingerprint density at radius 3 is 3.00 bits per heavy atom. The van der Waals surface area contributed by atoms with E-state index in [4.69, 9.17) is 0 Å². The Bertz CT molecular complexity index is 337. The monoisotopic (exact) mass is 298 g/mol. The minimum absolute atomic E-state index is 0.787. The predicted molar refractivity (Wildman–Crippen MR) is 76.7 cm³/mol. The molecule has 0 N–H and O–H groups in total. The summed E-state index contributed by atoms with van der Waals surface area (Å²) in [7, 11) is 0. The van der Waals surface area contributed by atoms with Crippen molar-refractivity contribution in [2.45, 2.75) is 37.0 Å². The van der Waals surface area contributed by atoms with Crippen LogP contribution < -0.4 is 0 Å². The number of benzene rings is 1. The first-order valence-electron chi connectivity index (χ1n) is 6.12. The zero-order valence-electron chi connectivity index (χ0n) is 9.79. The highest BCUT2D eigenvalue weighted by atomic mass is 79.9. The van der Waals surface area contributed by atoms with E-state index < -0.39 is 0 Å². The van der Waals surface area contributed by atoms with Gasteiger partial charge < -0.3 is 0 Å². The Labute approximate surface area is 111 Å². The van der Waals surface area contributed by atoms with Crippen molar-refractivity contribution in [1.29, 1.82) is 0 Å². The van der Waals surface area contributed by atoms with Crippen LogP contribution in [0.25, 0.3) is 0 Å². The second-order valence-electron chi connectivity index (χ2n) is 4.59. The van der Waals surface area contributed by atoms with Gasteiger partial charge in [-0.05, 0) is 36.3 Å². The van der Waals surface area contributed by atoms with Crippen LogP contribution in [0.1, 0.15) is 37.7 Å². The number of rotatable bonds is 5. The molecule has 0 bridgehead atoms. The topological polar surface area (TPSA) is 0 Å². The van der Waals surface area contributed by atoms with Gasteiger partial charge in [-0.1, -0.05) is 47.5 Å². The third-order valence-corrected chi connectivity index (χ3v) is 5.50. The Balaban J connectivity index is 2.02. The fourth-order valence-corrected chi connectivity index (χ4v) is 4.35. The SMILES string of the molecule is CCCC(CBr)CC1CSc2ccccc21. The first kappa shape index (κ1) is 12.5. The lowest BCUT2D eigenvalue weighted by molar-refractivity contribution is 0.461. The van der Waals surface area contributed by atoms with Crippen molar-refractivity contribution in [3.05, 3.63) is 29.8 Å². The molecular formula is C14H19BrS. The van der Waals surface area contributed by atoms with E-state index in [2.05, 4.69) is 47.1 Å². The molecular weight excluding hydrogens is 280 g/mol. The normalized spacial score (nSPS) is 20.8. The summed E-state index contributed by atoms with van der Waals surface area (Å²) in [6.07, 6.45) is 4.01. The second kappa shape index (κ2) is 6.11. The Morgan fingerprint density at radius 2 is 2.25 bits per heavy atom. The molecule has 1 heterocycles. The number of fused-ring (bicyclic) bond motifs is 1. The summed E-state index contributed by atoms with van der Waals surface area (Å²) in [5, 5.41) is 1.16. The summed E-state index contributed by atoms with van der Waals surface area (Å²) in [5.41, 5.74) is 1.59. The number of halogens is 1. The third-order valence-electron chi connectivity index (χ3n) is 3.33. The van der Waals surface area contributed by atoms with E-state index in [-0.39, 0.29) is 0 Å². The minimum atomic E-state index is 0.787. The van der Waals surface area contributed by atoms with Crippen LogP contribution in [0.15, 0.2) is 29.2 Å². The molecule has 0 saturated heterocycles. The Morgan fingerprint density at radius 1 is 1.44 bits per heavy atom. The molecule has 0 radical (unpaired) electrons. The van der Waals surface area contributed by atoms with E-state index in [9.17, 15) is 0 Å². The Hall–Kier alpha value is 0.0500. The minimum Gasteiger partial charge on any atom is -0.125 e. The van der Waals surface area contributed by atoms with Crippen molar-refractivity contribution in [1.82, 2.24) is 0 Å². The van der Waals surface area contributed by atoms with Crippen LogP contribution in [0.2, 0.25) is 0 Å². The van der Waals surface area contributed by atoms with Crippen LogP contribution in [-0.4, -0.2) is 11.1 Å². The lowest BCUT2D eigenvalue weighted by Crippen LogP contribution is -2.08. The average molecular weight is 299 g/mol. The van der Waals surface area contributed by atoms with Gasteiger partial charge >= 0.3 is 0 Å². The van der Waals surface area contributed by atoms with Gasteiger partial charge in [0.05, 0.1) is 0 Å². The molecule has 2 rings (SSSR count). The van der Waals surface area contributed by atoms with Gasteiger partial charge in [-0.3, -0.25) is 0 Å². The van der Waals surface area contributed by atoms with Crippen molar-refractivity contribution in [3.8, 4) is 0 Å². The molecule has 1 aliphatic heterocycles. The van der Waals surface area contributed by atoms with E-state index in [0.29, 0.717) is 0 Å². The van der Waals surface area contributed by atoms with Crippen LogP contribution in [0.4, 0.5) is 0 Å². The first-order chi connectivity index (χ1) is 7.85. The average Bonchev–Trinajstić information content (AvgIpc) is 2.72. The number of hydrogen-bond donors (Lipinski definition) is 0. The molecule has 0 amide bonds. The van der Waals surface area contributed by atoms with Crippen molar-refractivity contribution in [3.63, 3.8) is 0 Å². The predicted octanol–water partition coefficient (Wildman–Crippen LogP) is 5.08. The third kappa shape index (κ3) is 2.84. The first-order valence-corrected chi connectivity index (χ1v) is 8.23. The molecule has 2 heteroatoms. The summed E-state index contributed by atoms with van der Waals surface area (Å²) >= 11 is 5.69. The van der Waals surface area contributed by atoms with Crippen LogP contribution in [0, 0.1) is 5.92 Å². The van der Waals surface area contributed by atoms with Gasteiger partial charge in [0.2, 0.25) is 0 Å². The van der Waals surface area contributed by atoms with E-state index in [1.54, 1.807) is 5.56 Å². The van der Waals surface area contributed by atoms with Crippen LogP contribution in [0.3, 0.4) is 0 Å². The maximum Gasteiger partial charge on any atom is 0.0107 e. The number of thioether (sulfide) groups is 1. The molecule has 0 aliphatic carbocycles. The maximum atomic E-state index is 3.66. The van der Waals surface area contributed by atoms with Crippen molar-refractivity contribution in [2.24, 2.45) is 5.92 Å². The fourth-order valence-electron chi connectivity index (χ4n) is 2.49. The van der Waals surface area contributed by atoms with Gasteiger partial charge in [-0.25, -0.2) is 0 Å². The van der Waals surface area contributed by atoms with Crippen LogP contribution >= 0.6 is 27.7 Å². The highest BCUT2D eigenvalue weighted by Gasteiger charge is 2.24. The van der Waals surface area contributed by atoms with Crippen LogP contribution in [0.5, 0.6) is 0 Å². The number of hydrogen-bond acceptors (Lipinski definition) is 1. The summed E-state index contributed by atoms with van der Waals surface area (Å²) in [6.45, 7) is 2.28. The quantitative estimate of drug-likeness (QED) is 0.683. The molecule has 0 spiro atoms. The van der Waals surface area contributed by atoms with E-state index in [0.717, 1.165) is 17.2 Å². The summed E-state index contributed by atoms with van der Waals surface area (Å²) < 4.78 is 0. The lowest BCUT2D eigenvalue weighted by atomic mass is 9.89. The highest BCUT2D eigenvalue weighted by Crippen LogP contribution is 2.42. The van der Waals surface area contributed by atoms with Crippen LogP contribution in [-0.2, 0) is 0 Å². The van der Waals surface area contributed by atoms with E-state index in [1.807, 2.05) is 11.8 Å². The van der Waals surface area contributed by atoms with Crippen molar-refractivity contribution >= 4 is 27.7 Å². The second-order valence-corrected chi connectivity index (χ2v) is 6.30. The van der Waals surface area contributed by atoms with Gasteiger partial charge in [-0.2, -0.15) is 0 Å². The smallest absolute Gasteiger partial charge is 0.0107 e. The molecule has 0 nitrogen and oxygen atoms in total. The molecule has 2 atom stereocenters. The van der Waals surface area contributed by atoms with Crippen molar-refractivity contribution in [2.75, 3.05) is 11.1 Å². The molecule has 0 fully saturated rings. The largest absolute Gasteiger partial charge is 0.125 e. The van der Waals surface area contributed by atoms with Crippen molar-refractivity contribution < 1.29 is 0 Å². The molecule has 1 aromatic carbocycles. The molecule has 88 valence electrons. The van der Waals surface area contributed by atoms with Gasteiger partial charge in [-0.15, -0.1) is 11.8 Å². The Kier molecular flexibility index (Phi) is 4.78. The van der Waals surface area contributed by atoms with Gasteiger partial charge in [0.25, 0.3) is 0 Å². The maximum absolute atomic E-state index is 3.66. The molecule has 0 aromatic heterocycles. The van der Waals surface area contributed by atoms with E-state index >= 15 is 0 Å². The fraction of sp³-hybridized carbons (Fsp3) is 0.571.